The highest BCUT2D eigenvalue weighted by Crippen LogP contribution is 2.19. The molecular weight excluding hydrogens is 260 g/mol. The molecule has 2 N–H and O–H groups in total. The third kappa shape index (κ3) is 3.14. The standard InChI is InChI=1S/C14H19ClN4/c1-3-13-17-14(4-2)19(18-13)9-11-6-5-10(8-16)7-12(11)15/h5-7H,3-4,8-9,16H2,1-2H3. The molecule has 1 heterocycles. The van der Waals surface area contributed by atoms with Crippen LogP contribution in [0.4, 0.5) is 0 Å². The molecule has 5 heteroatoms. The lowest BCUT2D eigenvalue weighted by molar-refractivity contribution is 0.637. The van der Waals surface area contributed by atoms with E-state index in [-0.39, 0.29) is 0 Å². The van der Waals surface area contributed by atoms with Crippen LogP contribution in [0, 0.1) is 0 Å². The van der Waals surface area contributed by atoms with Gasteiger partial charge in [-0.05, 0) is 17.2 Å². The molecule has 0 saturated heterocycles. The summed E-state index contributed by atoms with van der Waals surface area (Å²) < 4.78 is 1.93. The highest BCUT2D eigenvalue weighted by atomic mass is 35.5. The number of hydrogen-bond donors (Lipinski definition) is 1. The van der Waals surface area contributed by atoms with Crippen molar-refractivity contribution in [1.29, 1.82) is 0 Å². The maximum Gasteiger partial charge on any atom is 0.150 e. The van der Waals surface area contributed by atoms with Crippen LogP contribution in [0.1, 0.15) is 36.6 Å². The van der Waals surface area contributed by atoms with Crippen LogP contribution < -0.4 is 5.73 Å². The summed E-state index contributed by atoms with van der Waals surface area (Å²) in [6.07, 6.45) is 1.71. The number of benzene rings is 1. The first kappa shape index (κ1) is 14.0. The third-order valence-corrected chi connectivity index (χ3v) is 3.45. The van der Waals surface area contributed by atoms with E-state index in [1.54, 1.807) is 0 Å². The van der Waals surface area contributed by atoms with Crippen molar-refractivity contribution in [2.45, 2.75) is 39.8 Å². The molecule has 0 bridgehead atoms. The molecule has 2 aromatic rings. The van der Waals surface area contributed by atoms with Gasteiger partial charge in [0.2, 0.25) is 0 Å². The van der Waals surface area contributed by atoms with Gasteiger partial charge in [0.05, 0.1) is 6.54 Å². The molecule has 4 nitrogen and oxygen atoms in total. The number of aryl methyl sites for hydroxylation is 2. The zero-order valence-electron chi connectivity index (χ0n) is 11.4. The second kappa shape index (κ2) is 6.17. The predicted octanol–water partition coefficient (Wildman–Crippen LogP) is 2.56. The van der Waals surface area contributed by atoms with Crippen LogP contribution in [0.25, 0.3) is 0 Å². The highest BCUT2D eigenvalue weighted by molar-refractivity contribution is 6.31. The van der Waals surface area contributed by atoms with Gasteiger partial charge in [-0.3, -0.25) is 0 Å². The molecule has 1 aromatic heterocycles. The normalized spacial score (nSPS) is 10.9. The maximum atomic E-state index is 6.28. The molecule has 0 unspecified atom stereocenters. The van der Waals surface area contributed by atoms with Gasteiger partial charge in [0.25, 0.3) is 0 Å². The number of nitrogens with two attached hydrogens (primary N) is 1. The smallest absolute Gasteiger partial charge is 0.150 e. The Hall–Kier alpha value is -1.39. The Morgan fingerprint density at radius 2 is 2.05 bits per heavy atom. The van der Waals surface area contributed by atoms with Crippen LogP contribution in [-0.4, -0.2) is 14.8 Å². The Labute approximate surface area is 118 Å². The van der Waals surface area contributed by atoms with Crippen molar-refractivity contribution in [1.82, 2.24) is 14.8 Å². The van der Waals surface area contributed by atoms with E-state index in [4.69, 9.17) is 17.3 Å². The van der Waals surface area contributed by atoms with Gasteiger partial charge in [-0.2, -0.15) is 5.10 Å². The van der Waals surface area contributed by atoms with Crippen molar-refractivity contribution in [3.8, 4) is 0 Å². The fourth-order valence-electron chi connectivity index (χ4n) is 1.97. The van der Waals surface area contributed by atoms with E-state index < -0.39 is 0 Å². The van der Waals surface area contributed by atoms with E-state index in [9.17, 15) is 0 Å². The van der Waals surface area contributed by atoms with E-state index in [2.05, 4.69) is 23.9 Å². The zero-order chi connectivity index (χ0) is 13.8. The van der Waals surface area contributed by atoms with Crippen LogP contribution >= 0.6 is 11.6 Å². The molecule has 102 valence electrons. The molecule has 0 spiro atoms. The van der Waals surface area contributed by atoms with Crippen molar-refractivity contribution >= 4 is 11.6 Å². The molecule has 0 aliphatic heterocycles. The first-order valence-electron chi connectivity index (χ1n) is 6.57. The van der Waals surface area contributed by atoms with E-state index in [1.807, 2.05) is 22.9 Å². The lowest BCUT2D eigenvalue weighted by atomic mass is 10.1. The van der Waals surface area contributed by atoms with Gasteiger partial charge < -0.3 is 5.73 Å². The lowest BCUT2D eigenvalue weighted by Crippen LogP contribution is -2.07. The van der Waals surface area contributed by atoms with E-state index in [1.165, 1.54) is 0 Å². The Kier molecular flexibility index (Phi) is 4.56. The van der Waals surface area contributed by atoms with E-state index in [0.29, 0.717) is 13.1 Å². The first-order chi connectivity index (χ1) is 9.17. The van der Waals surface area contributed by atoms with Gasteiger partial charge in [0.15, 0.2) is 5.82 Å². The minimum Gasteiger partial charge on any atom is -0.326 e. The van der Waals surface area contributed by atoms with E-state index in [0.717, 1.165) is 40.6 Å². The van der Waals surface area contributed by atoms with E-state index >= 15 is 0 Å². The molecule has 0 saturated carbocycles. The Balaban J connectivity index is 2.27. The average Bonchev–Trinajstić information content (AvgIpc) is 2.83. The van der Waals surface area contributed by atoms with Crippen LogP contribution in [0.2, 0.25) is 5.02 Å². The van der Waals surface area contributed by atoms with Gasteiger partial charge in [-0.15, -0.1) is 0 Å². The van der Waals surface area contributed by atoms with Crippen LogP contribution in [0.15, 0.2) is 18.2 Å². The molecular formula is C14H19ClN4. The summed E-state index contributed by atoms with van der Waals surface area (Å²) in [5.41, 5.74) is 7.68. The molecule has 0 fully saturated rings. The van der Waals surface area contributed by atoms with Crippen molar-refractivity contribution < 1.29 is 0 Å². The Bertz CT molecular complexity index is 563. The molecule has 0 radical (unpaired) electrons. The van der Waals surface area contributed by atoms with Crippen LogP contribution in [0.3, 0.4) is 0 Å². The fraction of sp³-hybridized carbons (Fsp3) is 0.429. The van der Waals surface area contributed by atoms with Crippen LogP contribution in [-0.2, 0) is 25.9 Å². The average molecular weight is 279 g/mol. The number of nitrogens with zero attached hydrogens (tertiary/aromatic N) is 3. The van der Waals surface area contributed by atoms with Gasteiger partial charge in [-0.1, -0.05) is 37.6 Å². The Morgan fingerprint density at radius 1 is 1.26 bits per heavy atom. The van der Waals surface area contributed by atoms with Crippen LogP contribution in [0.5, 0.6) is 0 Å². The lowest BCUT2D eigenvalue weighted by Gasteiger charge is -2.08. The summed E-state index contributed by atoms with van der Waals surface area (Å²) in [7, 11) is 0. The quantitative estimate of drug-likeness (QED) is 0.914. The van der Waals surface area contributed by atoms with Gasteiger partial charge in [0, 0.05) is 24.4 Å². The molecule has 0 aliphatic rings. The largest absolute Gasteiger partial charge is 0.326 e. The number of aromatic nitrogens is 3. The van der Waals surface area contributed by atoms with Gasteiger partial charge in [-0.25, -0.2) is 9.67 Å². The second-order valence-electron chi connectivity index (χ2n) is 4.44. The maximum absolute atomic E-state index is 6.28. The first-order valence-corrected chi connectivity index (χ1v) is 6.95. The molecule has 19 heavy (non-hydrogen) atoms. The molecule has 0 aliphatic carbocycles. The zero-order valence-corrected chi connectivity index (χ0v) is 12.1. The molecule has 2 rings (SSSR count). The van der Waals surface area contributed by atoms with Crippen molar-refractivity contribution in [2.75, 3.05) is 0 Å². The Morgan fingerprint density at radius 3 is 2.63 bits per heavy atom. The topological polar surface area (TPSA) is 56.7 Å². The molecule has 0 atom stereocenters. The number of rotatable bonds is 5. The predicted molar refractivity (Wildman–Crippen MR) is 77.2 cm³/mol. The number of hydrogen-bond acceptors (Lipinski definition) is 3. The minimum atomic E-state index is 0.503. The highest BCUT2D eigenvalue weighted by Gasteiger charge is 2.09. The summed E-state index contributed by atoms with van der Waals surface area (Å²) in [4.78, 5) is 4.50. The summed E-state index contributed by atoms with van der Waals surface area (Å²) in [5.74, 6) is 1.88. The van der Waals surface area contributed by atoms with Crippen molar-refractivity contribution in [2.24, 2.45) is 5.73 Å². The summed E-state index contributed by atoms with van der Waals surface area (Å²) in [6, 6.07) is 5.93. The summed E-state index contributed by atoms with van der Waals surface area (Å²) in [5, 5.41) is 5.24. The fourth-order valence-corrected chi connectivity index (χ4v) is 2.23. The third-order valence-electron chi connectivity index (χ3n) is 3.10. The SMILES string of the molecule is CCc1nc(CC)n(Cc2ccc(CN)cc2Cl)n1. The second-order valence-corrected chi connectivity index (χ2v) is 4.85. The van der Waals surface area contributed by atoms with Crippen molar-refractivity contribution in [3.63, 3.8) is 0 Å². The van der Waals surface area contributed by atoms with Gasteiger partial charge in [0.1, 0.15) is 5.82 Å². The number of halogens is 1. The molecule has 1 aromatic carbocycles. The van der Waals surface area contributed by atoms with Gasteiger partial charge >= 0.3 is 0 Å². The monoisotopic (exact) mass is 278 g/mol. The minimum absolute atomic E-state index is 0.503. The summed E-state index contributed by atoms with van der Waals surface area (Å²) >= 11 is 6.28. The molecule has 0 amide bonds. The van der Waals surface area contributed by atoms with Crippen molar-refractivity contribution in [3.05, 3.63) is 46.0 Å². The summed E-state index contributed by atoms with van der Waals surface area (Å²) in [6.45, 7) is 5.30.